The van der Waals surface area contributed by atoms with Crippen LogP contribution in [0, 0.1) is 5.82 Å². The lowest BCUT2D eigenvalue weighted by Gasteiger charge is -2.19. The van der Waals surface area contributed by atoms with Crippen LogP contribution in [0.15, 0.2) is 66.4 Å². The number of rotatable bonds is 4. The molecule has 0 saturated heterocycles. The smallest absolute Gasteiger partial charge is 0.123 e. The van der Waals surface area contributed by atoms with E-state index >= 15 is 0 Å². The fourth-order valence-electron chi connectivity index (χ4n) is 2.10. The monoisotopic (exact) mass is 286 g/mol. The second-order valence-corrected chi connectivity index (χ2v) is 9.80. The Morgan fingerprint density at radius 2 is 1.75 bits per heavy atom. The number of hydrogen-bond acceptors (Lipinski definition) is 1. The van der Waals surface area contributed by atoms with Gasteiger partial charge in [0.15, 0.2) is 0 Å². The summed E-state index contributed by atoms with van der Waals surface area (Å²) in [6, 6.07) is 16.4. The summed E-state index contributed by atoms with van der Waals surface area (Å²) in [5.74, 6) is -0.325. The second-order valence-electron chi connectivity index (χ2n) is 5.45. The summed E-state index contributed by atoms with van der Waals surface area (Å²) in [6.45, 7) is 4.44. The number of benzene rings is 2. The standard InChI is InChI=1S/C17H19FOSi/c1-20(2,16-9-4-3-5-10-16)12-11-17(19)14-7-6-8-15(18)13-14/h3-13,17,19H,1-2H3/b12-11+. The number of halogens is 1. The molecule has 0 aromatic heterocycles. The van der Waals surface area contributed by atoms with Gasteiger partial charge in [0.2, 0.25) is 0 Å². The van der Waals surface area contributed by atoms with Crippen molar-refractivity contribution in [1.82, 2.24) is 0 Å². The van der Waals surface area contributed by atoms with Crippen molar-refractivity contribution in [2.75, 3.05) is 0 Å². The lowest BCUT2D eigenvalue weighted by molar-refractivity contribution is 0.228. The van der Waals surface area contributed by atoms with Crippen molar-refractivity contribution in [3.8, 4) is 0 Å². The normalized spacial score (nSPS) is 13.6. The second kappa shape index (κ2) is 6.16. The van der Waals surface area contributed by atoms with Crippen molar-refractivity contribution < 1.29 is 9.50 Å². The Labute approximate surface area is 120 Å². The van der Waals surface area contributed by atoms with Crippen molar-refractivity contribution in [2.24, 2.45) is 0 Å². The predicted molar refractivity (Wildman–Crippen MR) is 84.1 cm³/mol. The van der Waals surface area contributed by atoms with E-state index in [-0.39, 0.29) is 5.82 Å². The van der Waals surface area contributed by atoms with Crippen molar-refractivity contribution in [3.63, 3.8) is 0 Å². The molecule has 0 spiro atoms. The van der Waals surface area contributed by atoms with Gasteiger partial charge in [-0.1, -0.05) is 72.5 Å². The first kappa shape index (κ1) is 14.7. The average molecular weight is 286 g/mol. The van der Waals surface area contributed by atoms with Crippen molar-refractivity contribution in [1.29, 1.82) is 0 Å². The summed E-state index contributed by atoms with van der Waals surface area (Å²) < 4.78 is 13.1. The highest BCUT2D eigenvalue weighted by atomic mass is 28.3. The van der Waals surface area contributed by atoms with Gasteiger partial charge in [0.1, 0.15) is 13.9 Å². The minimum atomic E-state index is -1.72. The Morgan fingerprint density at radius 1 is 1.05 bits per heavy atom. The first-order valence-electron chi connectivity index (χ1n) is 6.67. The molecule has 104 valence electrons. The highest BCUT2D eigenvalue weighted by molar-refractivity contribution is 6.93. The topological polar surface area (TPSA) is 20.2 Å². The van der Waals surface area contributed by atoms with Crippen molar-refractivity contribution in [2.45, 2.75) is 19.2 Å². The van der Waals surface area contributed by atoms with E-state index in [1.165, 1.54) is 17.3 Å². The zero-order valence-corrected chi connectivity index (χ0v) is 12.8. The van der Waals surface area contributed by atoms with Crippen LogP contribution in [-0.4, -0.2) is 13.2 Å². The third kappa shape index (κ3) is 3.65. The third-order valence-corrected chi connectivity index (χ3v) is 6.25. The van der Waals surface area contributed by atoms with Gasteiger partial charge < -0.3 is 5.11 Å². The average Bonchev–Trinajstić information content (AvgIpc) is 2.46. The van der Waals surface area contributed by atoms with Crippen LogP contribution in [0.4, 0.5) is 4.39 Å². The fourth-order valence-corrected chi connectivity index (χ4v) is 4.00. The summed E-state index contributed by atoms with van der Waals surface area (Å²) in [6.07, 6.45) is 1.01. The number of hydrogen-bond donors (Lipinski definition) is 1. The molecule has 0 aliphatic rings. The van der Waals surface area contributed by atoms with E-state index in [0.29, 0.717) is 5.56 Å². The molecule has 0 fully saturated rings. The molecule has 2 rings (SSSR count). The molecule has 2 aromatic rings. The molecule has 1 atom stereocenters. The first-order chi connectivity index (χ1) is 9.49. The van der Waals surface area contributed by atoms with Crippen LogP contribution in [0.5, 0.6) is 0 Å². The lowest BCUT2D eigenvalue weighted by atomic mass is 10.1. The highest BCUT2D eigenvalue weighted by Gasteiger charge is 2.19. The van der Waals surface area contributed by atoms with Gasteiger partial charge in [0, 0.05) is 0 Å². The Hall–Kier alpha value is -1.71. The largest absolute Gasteiger partial charge is 0.384 e. The van der Waals surface area contributed by atoms with E-state index in [1.54, 1.807) is 18.2 Å². The Kier molecular flexibility index (Phi) is 4.52. The number of aliphatic hydroxyl groups excluding tert-OH is 1. The molecule has 1 N–H and O–H groups in total. The van der Waals surface area contributed by atoms with Crippen LogP contribution in [0.25, 0.3) is 0 Å². The maximum Gasteiger partial charge on any atom is 0.123 e. The van der Waals surface area contributed by atoms with Crippen LogP contribution < -0.4 is 5.19 Å². The lowest BCUT2D eigenvalue weighted by Crippen LogP contribution is -2.39. The van der Waals surface area contributed by atoms with Gasteiger partial charge in [-0.25, -0.2) is 4.39 Å². The van der Waals surface area contributed by atoms with E-state index in [0.717, 1.165) is 0 Å². The van der Waals surface area contributed by atoms with E-state index in [9.17, 15) is 9.50 Å². The van der Waals surface area contributed by atoms with Gasteiger partial charge >= 0.3 is 0 Å². The van der Waals surface area contributed by atoms with Gasteiger partial charge in [-0.3, -0.25) is 0 Å². The molecular formula is C17H19FOSi. The minimum Gasteiger partial charge on any atom is -0.384 e. The van der Waals surface area contributed by atoms with E-state index < -0.39 is 14.2 Å². The van der Waals surface area contributed by atoms with Gasteiger partial charge in [-0.15, -0.1) is 0 Å². The molecule has 0 aliphatic heterocycles. The third-order valence-electron chi connectivity index (χ3n) is 3.40. The van der Waals surface area contributed by atoms with Crippen molar-refractivity contribution in [3.05, 3.63) is 77.8 Å². The Bertz CT molecular complexity index is 593. The molecule has 0 saturated carbocycles. The van der Waals surface area contributed by atoms with Crippen LogP contribution in [-0.2, 0) is 0 Å². The van der Waals surface area contributed by atoms with E-state index in [4.69, 9.17) is 0 Å². The summed E-state index contributed by atoms with van der Waals surface area (Å²) in [7, 11) is -1.72. The first-order valence-corrected chi connectivity index (χ1v) is 9.75. The molecule has 20 heavy (non-hydrogen) atoms. The minimum absolute atomic E-state index is 0.325. The summed E-state index contributed by atoms with van der Waals surface area (Å²) in [5, 5.41) is 11.4. The molecule has 2 aromatic carbocycles. The van der Waals surface area contributed by atoms with Gasteiger partial charge in [0.25, 0.3) is 0 Å². The maximum absolute atomic E-state index is 13.1. The van der Waals surface area contributed by atoms with Crippen LogP contribution in [0.3, 0.4) is 0 Å². The Morgan fingerprint density at radius 3 is 2.40 bits per heavy atom. The molecule has 1 nitrogen and oxygen atoms in total. The highest BCUT2D eigenvalue weighted by Crippen LogP contribution is 2.17. The zero-order chi connectivity index (χ0) is 14.6. The SMILES string of the molecule is C[Si](C)(/C=C/C(O)c1cccc(F)c1)c1ccccc1. The predicted octanol–water partition coefficient (Wildman–Crippen LogP) is 3.57. The molecular weight excluding hydrogens is 267 g/mol. The fraction of sp³-hybridized carbons (Fsp3) is 0.176. The molecule has 0 amide bonds. The van der Waals surface area contributed by atoms with Crippen LogP contribution >= 0.6 is 0 Å². The van der Waals surface area contributed by atoms with Gasteiger partial charge in [0.05, 0.1) is 6.10 Å². The molecule has 0 radical (unpaired) electrons. The molecule has 1 unspecified atom stereocenters. The quantitative estimate of drug-likeness (QED) is 0.852. The molecule has 0 bridgehead atoms. The van der Waals surface area contributed by atoms with Gasteiger partial charge in [-0.2, -0.15) is 0 Å². The van der Waals surface area contributed by atoms with Crippen LogP contribution in [0.2, 0.25) is 13.1 Å². The van der Waals surface area contributed by atoms with Crippen molar-refractivity contribution >= 4 is 13.3 Å². The summed E-state index contributed by atoms with van der Waals surface area (Å²) in [5.41, 5.74) is 2.68. The maximum atomic E-state index is 13.1. The van der Waals surface area contributed by atoms with Crippen LogP contribution in [0.1, 0.15) is 11.7 Å². The number of aliphatic hydroxyl groups is 1. The zero-order valence-electron chi connectivity index (χ0n) is 11.8. The summed E-state index contributed by atoms with van der Waals surface area (Å²) in [4.78, 5) is 0. The van der Waals surface area contributed by atoms with E-state index in [1.807, 2.05) is 18.2 Å². The molecule has 0 heterocycles. The summed E-state index contributed by atoms with van der Waals surface area (Å²) >= 11 is 0. The van der Waals surface area contributed by atoms with E-state index in [2.05, 4.69) is 30.9 Å². The van der Waals surface area contributed by atoms with Gasteiger partial charge in [-0.05, 0) is 17.7 Å². The molecule has 0 aliphatic carbocycles. The Balaban J connectivity index is 2.16. The molecule has 3 heteroatoms.